The van der Waals surface area contributed by atoms with Crippen molar-refractivity contribution in [3.05, 3.63) is 59.4 Å². The number of rotatable bonds is 3. The monoisotopic (exact) mass is 214 g/mol. The average Bonchev–Trinajstić information content (AvgIpc) is 2.31. The first-order valence-electron chi connectivity index (χ1n) is 5.18. The van der Waals surface area contributed by atoms with Crippen LogP contribution in [0.5, 0.6) is 0 Å². The fraction of sp³-hybridized carbons (Fsp3) is 0.154. The Morgan fingerprint density at radius 1 is 1.12 bits per heavy atom. The second-order valence-electron chi connectivity index (χ2n) is 3.65. The summed E-state index contributed by atoms with van der Waals surface area (Å²) in [6, 6.07) is 11.7. The van der Waals surface area contributed by atoms with Crippen molar-refractivity contribution in [2.75, 3.05) is 5.73 Å². The highest BCUT2D eigenvalue weighted by molar-refractivity contribution is 5.48. The fourth-order valence-corrected chi connectivity index (χ4v) is 1.68. The van der Waals surface area contributed by atoms with Gasteiger partial charge in [0.2, 0.25) is 0 Å². The highest BCUT2D eigenvalue weighted by Crippen LogP contribution is 2.17. The van der Waals surface area contributed by atoms with Crippen LogP contribution in [0.3, 0.4) is 0 Å². The summed E-state index contributed by atoms with van der Waals surface area (Å²) in [5, 5.41) is 9.26. The molecule has 1 aromatic heterocycles. The molecule has 3 nitrogen and oxygen atoms in total. The highest BCUT2D eigenvalue weighted by Gasteiger charge is 2.07. The van der Waals surface area contributed by atoms with Gasteiger partial charge in [-0.15, -0.1) is 0 Å². The van der Waals surface area contributed by atoms with Crippen molar-refractivity contribution in [3.8, 4) is 0 Å². The van der Waals surface area contributed by atoms with Gasteiger partial charge in [-0.2, -0.15) is 0 Å². The summed E-state index contributed by atoms with van der Waals surface area (Å²) < 4.78 is 0. The van der Waals surface area contributed by atoms with Crippen molar-refractivity contribution in [1.29, 1.82) is 0 Å². The number of aromatic nitrogens is 1. The quantitative estimate of drug-likeness (QED) is 0.818. The maximum Gasteiger partial charge on any atom is 0.0720 e. The Morgan fingerprint density at radius 2 is 1.88 bits per heavy atom. The predicted molar refractivity (Wildman–Crippen MR) is 63.8 cm³/mol. The van der Waals surface area contributed by atoms with Gasteiger partial charge < -0.3 is 10.8 Å². The Hall–Kier alpha value is -1.87. The molecule has 1 aromatic carbocycles. The third-order valence-electron chi connectivity index (χ3n) is 2.55. The highest BCUT2D eigenvalue weighted by atomic mass is 16.3. The molecule has 0 aliphatic heterocycles. The predicted octanol–water partition coefficient (Wildman–Crippen LogP) is 1.75. The van der Waals surface area contributed by atoms with Gasteiger partial charge in [0.25, 0.3) is 0 Å². The third kappa shape index (κ3) is 2.20. The lowest BCUT2D eigenvalue weighted by Gasteiger charge is -2.08. The van der Waals surface area contributed by atoms with E-state index in [2.05, 4.69) is 4.98 Å². The van der Waals surface area contributed by atoms with Crippen LogP contribution < -0.4 is 5.73 Å². The number of nitrogens with two attached hydrogens (primary N) is 1. The van der Waals surface area contributed by atoms with Crippen molar-refractivity contribution in [3.63, 3.8) is 0 Å². The summed E-state index contributed by atoms with van der Waals surface area (Å²) in [7, 11) is 0. The van der Waals surface area contributed by atoms with Crippen LogP contribution in [0.25, 0.3) is 0 Å². The van der Waals surface area contributed by atoms with E-state index in [4.69, 9.17) is 5.73 Å². The molecule has 0 radical (unpaired) electrons. The van der Waals surface area contributed by atoms with Crippen molar-refractivity contribution in [1.82, 2.24) is 4.98 Å². The molecule has 82 valence electrons. The van der Waals surface area contributed by atoms with Crippen LogP contribution >= 0.6 is 0 Å². The second kappa shape index (κ2) is 4.77. The topological polar surface area (TPSA) is 59.1 Å². The van der Waals surface area contributed by atoms with Crippen LogP contribution in [0.4, 0.5) is 5.69 Å². The van der Waals surface area contributed by atoms with Crippen LogP contribution in [-0.2, 0) is 13.0 Å². The smallest absolute Gasteiger partial charge is 0.0720 e. The normalized spacial score (nSPS) is 10.3. The van der Waals surface area contributed by atoms with E-state index in [0.29, 0.717) is 12.1 Å². The van der Waals surface area contributed by atoms with E-state index in [1.165, 1.54) is 0 Å². The molecule has 0 fully saturated rings. The number of hydrogen-bond acceptors (Lipinski definition) is 3. The lowest BCUT2D eigenvalue weighted by Crippen LogP contribution is -2.03. The lowest BCUT2D eigenvalue weighted by molar-refractivity contribution is 0.281. The van der Waals surface area contributed by atoms with Crippen LogP contribution in [-0.4, -0.2) is 10.1 Å². The van der Waals surface area contributed by atoms with Crippen molar-refractivity contribution >= 4 is 5.69 Å². The molecule has 0 saturated heterocycles. The molecule has 0 aliphatic carbocycles. The Balaban J connectivity index is 2.31. The van der Waals surface area contributed by atoms with E-state index < -0.39 is 0 Å². The molecule has 1 heterocycles. The van der Waals surface area contributed by atoms with Gasteiger partial charge in [0.15, 0.2) is 0 Å². The Kier molecular flexibility index (Phi) is 3.17. The number of nitrogens with zero attached hydrogens (tertiary/aromatic N) is 1. The van der Waals surface area contributed by atoms with Crippen molar-refractivity contribution < 1.29 is 5.11 Å². The molecule has 0 unspecified atom stereocenters. The van der Waals surface area contributed by atoms with Crippen LogP contribution in [0.15, 0.2) is 42.6 Å². The largest absolute Gasteiger partial charge is 0.398 e. The van der Waals surface area contributed by atoms with Gasteiger partial charge in [-0.3, -0.25) is 4.98 Å². The number of anilines is 1. The van der Waals surface area contributed by atoms with E-state index in [1.54, 1.807) is 12.3 Å². The molecule has 2 rings (SSSR count). The third-order valence-corrected chi connectivity index (χ3v) is 2.55. The minimum Gasteiger partial charge on any atom is -0.398 e. The van der Waals surface area contributed by atoms with E-state index >= 15 is 0 Å². The Labute approximate surface area is 94.6 Å². The van der Waals surface area contributed by atoms with Gasteiger partial charge in [0, 0.05) is 23.9 Å². The zero-order chi connectivity index (χ0) is 11.4. The molecule has 16 heavy (non-hydrogen) atoms. The first-order chi connectivity index (χ1) is 7.81. The Morgan fingerprint density at radius 3 is 2.56 bits per heavy atom. The molecule has 3 N–H and O–H groups in total. The standard InChI is InChI=1S/C13H14N2O/c14-12-6-7-15-13(11(12)9-16)8-10-4-2-1-3-5-10/h1-7,16H,8-9H2,(H2,14,15). The summed E-state index contributed by atoms with van der Waals surface area (Å²) in [5.41, 5.74) is 9.12. The molecule has 0 spiro atoms. The molecule has 0 aliphatic rings. The van der Waals surface area contributed by atoms with Crippen LogP contribution in [0.2, 0.25) is 0 Å². The van der Waals surface area contributed by atoms with Gasteiger partial charge >= 0.3 is 0 Å². The summed E-state index contributed by atoms with van der Waals surface area (Å²) in [5.74, 6) is 0. The summed E-state index contributed by atoms with van der Waals surface area (Å²) in [6.45, 7) is -0.0676. The number of aliphatic hydroxyl groups excluding tert-OH is 1. The summed E-state index contributed by atoms with van der Waals surface area (Å²) in [4.78, 5) is 4.27. The first kappa shape index (κ1) is 10.6. The SMILES string of the molecule is Nc1ccnc(Cc2ccccc2)c1CO. The fourth-order valence-electron chi connectivity index (χ4n) is 1.68. The molecule has 0 saturated carbocycles. The molecule has 0 atom stereocenters. The molecule has 3 heteroatoms. The van der Waals surface area contributed by atoms with Gasteiger partial charge in [-0.25, -0.2) is 0 Å². The zero-order valence-electron chi connectivity index (χ0n) is 8.93. The maximum atomic E-state index is 9.26. The van der Waals surface area contributed by atoms with Crippen LogP contribution in [0.1, 0.15) is 16.8 Å². The molecule has 0 bridgehead atoms. The van der Waals surface area contributed by atoms with E-state index in [0.717, 1.165) is 16.8 Å². The number of benzene rings is 1. The average molecular weight is 214 g/mol. The lowest BCUT2D eigenvalue weighted by atomic mass is 10.0. The van der Waals surface area contributed by atoms with Gasteiger partial charge in [0.05, 0.1) is 12.3 Å². The van der Waals surface area contributed by atoms with Crippen molar-refractivity contribution in [2.24, 2.45) is 0 Å². The number of hydrogen-bond donors (Lipinski definition) is 2. The molecular formula is C13H14N2O. The van der Waals surface area contributed by atoms with E-state index in [-0.39, 0.29) is 6.61 Å². The minimum atomic E-state index is -0.0676. The van der Waals surface area contributed by atoms with Gasteiger partial charge in [-0.1, -0.05) is 30.3 Å². The zero-order valence-corrected chi connectivity index (χ0v) is 8.93. The summed E-state index contributed by atoms with van der Waals surface area (Å²) >= 11 is 0. The molecule has 0 amide bonds. The second-order valence-corrected chi connectivity index (χ2v) is 3.65. The van der Waals surface area contributed by atoms with Crippen LogP contribution in [0, 0.1) is 0 Å². The maximum absolute atomic E-state index is 9.26. The number of aliphatic hydroxyl groups is 1. The molecule has 2 aromatic rings. The molecular weight excluding hydrogens is 200 g/mol. The van der Waals surface area contributed by atoms with Crippen molar-refractivity contribution in [2.45, 2.75) is 13.0 Å². The van der Waals surface area contributed by atoms with E-state index in [1.807, 2.05) is 30.3 Å². The Bertz CT molecular complexity index is 469. The van der Waals surface area contributed by atoms with Gasteiger partial charge in [-0.05, 0) is 11.6 Å². The first-order valence-corrected chi connectivity index (χ1v) is 5.18. The van der Waals surface area contributed by atoms with E-state index in [9.17, 15) is 5.11 Å². The number of nitrogen functional groups attached to an aromatic ring is 1. The summed E-state index contributed by atoms with van der Waals surface area (Å²) in [6.07, 6.45) is 2.37. The number of pyridine rings is 1. The van der Waals surface area contributed by atoms with Gasteiger partial charge in [0.1, 0.15) is 0 Å². The minimum absolute atomic E-state index is 0.0676.